The van der Waals surface area contributed by atoms with Gasteiger partial charge in [0.25, 0.3) is 17.3 Å². The molecule has 1 saturated carbocycles. The van der Waals surface area contributed by atoms with Gasteiger partial charge in [0.2, 0.25) is 11.8 Å². The summed E-state index contributed by atoms with van der Waals surface area (Å²) < 4.78 is 22.4. The number of benzene rings is 3. The number of nitrogens with one attached hydrogen (secondary N) is 6. The molecule has 1 aliphatic heterocycles. The third-order valence-corrected chi connectivity index (χ3v) is 12.2. The molecule has 6 N–H and O–H groups in total. The SMILES string of the molecule is O=C(CCC(=O)NC1CCC(NC(=O)c2ccc(CNC(=O)NC[C@H]3CN(Cc4ccc(Cl)c(Cl)c4)CCO3)cc2)CC1)NCCCOCCOCCOCCCNc1ccc([N+](=O)[O-])cc1[N+](=O)[O-]. The number of ether oxygens (including phenoxy) is 4. The fourth-order valence-corrected chi connectivity index (χ4v) is 8.03. The molecule has 0 radical (unpaired) electrons. The van der Waals surface area contributed by atoms with Gasteiger partial charge in [-0.2, -0.15) is 0 Å². The Morgan fingerprint density at radius 1 is 0.700 bits per heavy atom. The summed E-state index contributed by atoms with van der Waals surface area (Å²) in [6.45, 7) is 6.43. The van der Waals surface area contributed by atoms with E-state index in [1.165, 1.54) is 12.1 Å². The van der Waals surface area contributed by atoms with Gasteiger partial charge in [0, 0.05) is 95.6 Å². The number of morpholine rings is 1. The summed E-state index contributed by atoms with van der Waals surface area (Å²) in [6, 6.07) is 15.8. The van der Waals surface area contributed by atoms with E-state index in [0.29, 0.717) is 140 Å². The molecule has 2 aliphatic rings. The van der Waals surface area contributed by atoms with Crippen molar-refractivity contribution in [2.75, 3.05) is 84.3 Å². The van der Waals surface area contributed by atoms with Gasteiger partial charge in [-0.3, -0.25) is 39.5 Å². The molecule has 5 rings (SSSR count). The first-order chi connectivity index (χ1) is 33.8. The van der Waals surface area contributed by atoms with Crippen molar-refractivity contribution < 1.29 is 48.0 Å². The maximum absolute atomic E-state index is 13.0. The Labute approximate surface area is 416 Å². The number of carbonyl (C=O) groups is 4. The molecule has 1 atom stereocenters. The van der Waals surface area contributed by atoms with Crippen molar-refractivity contribution in [1.82, 2.24) is 31.5 Å². The van der Waals surface area contributed by atoms with Gasteiger partial charge >= 0.3 is 6.03 Å². The van der Waals surface area contributed by atoms with Crippen molar-refractivity contribution in [3.8, 4) is 0 Å². The van der Waals surface area contributed by atoms with E-state index in [1.807, 2.05) is 24.3 Å². The molecule has 0 aromatic heterocycles. The molecule has 382 valence electrons. The van der Waals surface area contributed by atoms with E-state index in [1.54, 1.807) is 18.2 Å². The monoisotopic (exact) mass is 1020 g/mol. The third kappa shape index (κ3) is 20.3. The lowest BCUT2D eigenvalue weighted by Crippen LogP contribution is -2.48. The van der Waals surface area contributed by atoms with Crippen LogP contribution in [0.5, 0.6) is 0 Å². The zero-order valence-electron chi connectivity index (χ0n) is 39.1. The van der Waals surface area contributed by atoms with E-state index in [0.717, 1.165) is 23.7 Å². The minimum absolute atomic E-state index is 0.0209. The smallest absolute Gasteiger partial charge is 0.315 e. The van der Waals surface area contributed by atoms with E-state index in [9.17, 15) is 39.4 Å². The summed E-state index contributed by atoms with van der Waals surface area (Å²) in [6.07, 6.45) is 4.01. The maximum atomic E-state index is 13.0. The number of amides is 5. The molecule has 0 spiro atoms. The van der Waals surface area contributed by atoms with Gasteiger partial charge in [0.1, 0.15) is 5.69 Å². The molecule has 5 amide bonds. The molecule has 1 heterocycles. The molecule has 3 aromatic carbocycles. The summed E-state index contributed by atoms with van der Waals surface area (Å²) in [7, 11) is 0. The first-order valence-electron chi connectivity index (χ1n) is 23.5. The highest BCUT2D eigenvalue weighted by atomic mass is 35.5. The number of non-ortho nitro benzene ring substituents is 1. The molecule has 3 aromatic rings. The van der Waals surface area contributed by atoms with Crippen molar-refractivity contribution >= 4 is 64.0 Å². The summed E-state index contributed by atoms with van der Waals surface area (Å²) in [5.74, 6) is -0.579. The number of hydrogen-bond donors (Lipinski definition) is 6. The molecular formula is C47H63Cl2N9O12. The standard InChI is InChI=1S/C47H63Cl2N9O12/c48-40-13-5-34(27-41(40)49)31-56-19-22-70-39(32-56)30-53-47(62)52-29-33-3-6-35(7-4-33)46(61)55-37-10-8-36(9-11-37)54-45(60)16-15-44(59)51-18-2-21-68-24-26-69-25-23-67-20-1-17-50-42-14-12-38(57(63)64)28-43(42)58(65)66/h3-7,12-14,27-28,36-37,39,50H,1-2,8-11,15-26,29-32H2,(H,51,59)(H,54,60)(H,55,61)(H2,52,53,62)/t36?,37?,39-/m0/s1. The second-order valence-corrected chi connectivity index (χ2v) is 17.7. The Bertz CT molecular complexity index is 2180. The largest absolute Gasteiger partial charge is 0.379 e. The number of urea groups is 1. The number of nitro groups is 2. The average molecular weight is 1020 g/mol. The van der Waals surface area contributed by atoms with Crippen molar-refractivity contribution in [3.05, 3.63) is 108 Å². The molecule has 23 heteroatoms. The van der Waals surface area contributed by atoms with Crippen LogP contribution in [0.3, 0.4) is 0 Å². The van der Waals surface area contributed by atoms with Gasteiger partial charge in [-0.15, -0.1) is 0 Å². The number of carbonyl (C=O) groups excluding carboxylic acids is 4. The lowest BCUT2D eigenvalue weighted by Gasteiger charge is -2.33. The van der Waals surface area contributed by atoms with Crippen LogP contribution in [0.4, 0.5) is 21.9 Å². The Kier molecular flexibility index (Phi) is 23.8. The van der Waals surface area contributed by atoms with Gasteiger partial charge in [-0.25, -0.2) is 4.79 Å². The Morgan fingerprint density at radius 3 is 2.01 bits per heavy atom. The summed E-state index contributed by atoms with van der Waals surface area (Å²) >= 11 is 12.2. The minimum Gasteiger partial charge on any atom is -0.379 e. The number of halogens is 2. The van der Waals surface area contributed by atoms with Crippen molar-refractivity contribution in [3.63, 3.8) is 0 Å². The van der Waals surface area contributed by atoms with E-state index in [2.05, 4.69) is 36.8 Å². The van der Waals surface area contributed by atoms with Crippen LogP contribution in [-0.4, -0.2) is 136 Å². The van der Waals surface area contributed by atoms with Gasteiger partial charge in [-0.1, -0.05) is 41.4 Å². The molecule has 70 heavy (non-hydrogen) atoms. The van der Waals surface area contributed by atoms with Crippen molar-refractivity contribution in [2.45, 2.75) is 82.6 Å². The number of rotatable bonds is 29. The topological polar surface area (TPSA) is 267 Å². The second-order valence-electron chi connectivity index (χ2n) is 16.9. The van der Waals surface area contributed by atoms with Crippen LogP contribution in [0, 0.1) is 20.2 Å². The summed E-state index contributed by atoms with van der Waals surface area (Å²) in [4.78, 5) is 73.4. The fourth-order valence-electron chi connectivity index (χ4n) is 7.71. The predicted molar refractivity (Wildman–Crippen MR) is 262 cm³/mol. The molecule has 1 aliphatic carbocycles. The average Bonchev–Trinajstić information content (AvgIpc) is 3.35. The van der Waals surface area contributed by atoms with Crippen LogP contribution < -0.4 is 31.9 Å². The van der Waals surface area contributed by atoms with Gasteiger partial charge < -0.3 is 50.8 Å². The van der Waals surface area contributed by atoms with Crippen LogP contribution in [0.25, 0.3) is 0 Å². The second kappa shape index (κ2) is 30.1. The van der Waals surface area contributed by atoms with Crippen LogP contribution in [0.15, 0.2) is 60.7 Å². The molecule has 21 nitrogen and oxygen atoms in total. The van der Waals surface area contributed by atoms with E-state index in [-0.39, 0.29) is 71.8 Å². The molecule has 0 bridgehead atoms. The number of nitrogens with zero attached hydrogens (tertiary/aromatic N) is 3. The van der Waals surface area contributed by atoms with Crippen LogP contribution >= 0.6 is 23.2 Å². The van der Waals surface area contributed by atoms with Crippen LogP contribution in [0.2, 0.25) is 10.0 Å². The molecular weight excluding hydrogens is 953 g/mol. The van der Waals surface area contributed by atoms with Crippen LogP contribution in [-0.2, 0) is 41.6 Å². The summed E-state index contributed by atoms with van der Waals surface area (Å²) in [5.41, 5.74) is 1.90. The Morgan fingerprint density at radius 2 is 1.34 bits per heavy atom. The van der Waals surface area contributed by atoms with Crippen LogP contribution in [0.1, 0.15) is 72.9 Å². The van der Waals surface area contributed by atoms with Gasteiger partial charge in [0.15, 0.2) is 0 Å². The quantitative estimate of drug-likeness (QED) is 0.0285. The van der Waals surface area contributed by atoms with Crippen molar-refractivity contribution in [2.24, 2.45) is 0 Å². The Balaban J connectivity index is 0.807. The van der Waals surface area contributed by atoms with E-state index >= 15 is 0 Å². The molecule has 2 fully saturated rings. The Hall–Kier alpha value is -5.68. The highest BCUT2D eigenvalue weighted by molar-refractivity contribution is 6.42. The highest BCUT2D eigenvalue weighted by Gasteiger charge is 2.25. The van der Waals surface area contributed by atoms with E-state index < -0.39 is 9.85 Å². The predicted octanol–water partition coefficient (Wildman–Crippen LogP) is 5.51. The fraction of sp³-hybridized carbons (Fsp3) is 0.532. The number of hydrogen-bond acceptors (Lipinski definition) is 14. The minimum atomic E-state index is -0.684. The van der Waals surface area contributed by atoms with E-state index in [4.69, 9.17) is 42.1 Å². The van der Waals surface area contributed by atoms with Gasteiger partial charge in [0.05, 0.1) is 65.1 Å². The molecule has 0 unspecified atom stereocenters. The first kappa shape index (κ1) is 55.2. The van der Waals surface area contributed by atoms with Gasteiger partial charge in [-0.05, 0) is 80.0 Å². The summed E-state index contributed by atoms with van der Waals surface area (Å²) in [5, 5.41) is 40.7. The molecule has 1 saturated heterocycles. The lowest BCUT2D eigenvalue weighted by atomic mass is 9.90. The first-order valence-corrected chi connectivity index (χ1v) is 24.2. The zero-order chi connectivity index (χ0) is 50.1. The third-order valence-electron chi connectivity index (χ3n) is 11.5. The normalized spacial score (nSPS) is 17.0. The lowest BCUT2D eigenvalue weighted by molar-refractivity contribution is -0.393. The zero-order valence-corrected chi connectivity index (χ0v) is 40.6. The highest BCUT2D eigenvalue weighted by Crippen LogP contribution is 2.29. The maximum Gasteiger partial charge on any atom is 0.315 e. The van der Waals surface area contributed by atoms with Crippen molar-refractivity contribution in [1.29, 1.82) is 0 Å². The number of anilines is 1. The number of nitro benzene ring substituents is 2.